The first-order chi connectivity index (χ1) is 8.70. The summed E-state index contributed by atoms with van der Waals surface area (Å²) in [4.78, 5) is 4.91. The highest BCUT2D eigenvalue weighted by Gasteiger charge is 2.14. The first-order valence-corrected chi connectivity index (χ1v) is 7.26. The van der Waals surface area contributed by atoms with E-state index in [1.54, 1.807) is 13.0 Å². The number of aromatic nitrogens is 2. The monoisotopic (exact) mass is 268 g/mol. The van der Waals surface area contributed by atoms with E-state index >= 15 is 0 Å². The van der Waals surface area contributed by atoms with Gasteiger partial charge in [0.2, 0.25) is 5.89 Å². The summed E-state index contributed by atoms with van der Waals surface area (Å²) in [5, 5.41) is 3.87. The molecule has 0 saturated carbocycles. The predicted molar refractivity (Wildman–Crippen MR) is 66.5 cm³/mol. The molecule has 0 amide bonds. The third-order valence-corrected chi connectivity index (χ3v) is 4.00. The Balaban J connectivity index is 1.99. The van der Waals surface area contributed by atoms with Crippen molar-refractivity contribution in [3.63, 3.8) is 0 Å². The molecule has 2 aromatic heterocycles. The third kappa shape index (κ3) is 3.07. The van der Waals surface area contributed by atoms with Gasteiger partial charge in [-0.05, 0) is 19.4 Å². The van der Waals surface area contributed by atoms with Gasteiger partial charge in [0.1, 0.15) is 11.5 Å². The minimum absolute atomic E-state index is 0.236. The van der Waals surface area contributed by atoms with Gasteiger partial charge in [-0.2, -0.15) is 4.98 Å². The Morgan fingerprint density at radius 2 is 2.28 bits per heavy atom. The summed E-state index contributed by atoms with van der Waals surface area (Å²) in [6, 6.07) is 1.71. The first kappa shape index (κ1) is 13.0. The maximum atomic E-state index is 12.0. The Morgan fingerprint density at radius 3 is 2.94 bits per heavy atom. The van der Waals surface area contributed by atoms with Gasteiger partial charge in [0.15, 0.2) is 5.82 Å². The van der Waals surface area contributed by atoms with Crippen LogP contribution in [0.2, 0.25) is 0 Å². The Kier molecular flexibility index (Phi) is 4.30. The fraction of sp³-hybridized carbons (Fsp3) is 0.500. The molecule has 0 aliphatic rings. The molecule has 1 atom stereocenters. The van der Waals surface area contributed by atoms with Crippen molar-refractivity contribution < 1.29 is 13.1 Å². The van der Waals surface area contributed by atoms with Crippen LogP contribution in [-0.2, 0) is 23.0 Å². The van der Waals surface area contributed by atoms with Gasteiger partial charge in [0.05, 0.1) is 22.0 Å². The molecular weight excluding hydrogens is 252 g/mol. The van der Waals surface area contributed by atoms with Crippen molar-refractivity contribution in [2.45, 2.75) is 43.8 Å². The molecule has 0 aliphatic heterocycles. The lowest BCUT2D eigenvalue weighted by atomic mass is 10.2. The van der Waals surface area contributed by atoms with Crippen molar-refractivity contribution in [3.05, 3.63) is 29.8 Å². The van der Waals surface area contributed by atoms with Crippen molar-refractivity contribution in [3.8, 4) is 0 Å². The highest BCUT2D eigenvalue weighted by Crippen LogP contribution is 2.16. The number of nitrogens with zero attached hydrogens (tertiary/aromatic N) is 2. The zero-order valence-electron chi connectivity index (χ0n) is 10.5. The number of hydrogen-bond acceptors (Lipinski definition) is 5. The first-order valence-electron chi connectivity index (χ1n) is 5.94. The second kappa shape index (κ2) is 5.95. The Hall–Kier alpha value is -1.43. The molecule has 98 valence electrons. The zero-order valence-corrected chi connectivity index (χ0v) is 11.3. The van der Waals surface area contributed by atoms with Gasteiger partial charge in [-0.25, -0.2) is 0 Å². The van der Waals surface area contributed by atoms with Gasteiger partial charge in [0, 0.05) is 6.42 Å². The van der Waals surface area contributed by atoms with E-state index < -0.39 is 10.8 Å². The number of hydrogen-bond donors (Lipinski definition) is 0. The molecule has 0 spiro atoms. The van der Waals surface area contributed by atoms with E-state index in [1.165, 1.54) is 6.26 Å². The topological polar surface area (TPSA) is 69.1 Å². The Bertz CT molecular complexity index is 533. The summed E-state index contributed by atoms with van der Waals surface area (Å²) in [7, 11) is -1.20. The molecule has 2 aromatic rings. The van der Waals surface area contributed by atoms with Crippen LogP contribution >= 0.6 is 0 Å². The number of aryl methyl sites for hydroxylation is 2. The second-order valence-electron chi connectivity index (χ2n) is 4.04. The van der Waals surface area contributed by atoms with Gasteiger partial charge in [0.25, 0.3) is 0 Å². The average molecular weight is 268 g/mol. The summed E-state index contributed by atoms with van der Waals surface area (Å²) in [5.74, 6) is 2.01. The van der Waals surface area contributed by atoms with Crippen LogP contribution in [0, 0.1) is 6.92 Å². The van der Waals surface area contributed by atoms with Crippen molar-refractivity contribution in [1.82, 2.24) is 10.1 Å². The smallest absolute Gasteiger partial charge is 0.239 e. The average Bonchev–Trinajstić information content (AvgIpc) is 2.95. The Morgan fingerprint density at radius 1 is 1.44 bits per heavy atom. The number of unbranched alkanes of at least 4 members (excludes halogenated alkanes) is 1. The summed E-state index contributed by atoms with van der Waals surface area (Å²) in [5.41, 5.74) is 0. The van der Waals surface area contributed by atoms with E-state index in [-0.39, 0.29) is 5.75 Å². The van der Waals surface area contributed by atoms with Gasteiger partial charge >= 0.3 is 0 Å². The van der Waals surface area contributed by atoms with Crippen molar-refractivity contribution in [1.29, 1.82) is 0 Å². The predicted octanol–water partition coefficient (Wildman–Crippen LogP) is 2.62. The SMILES string of the molecule is CCCCc1noc(CS(=O)c2ccoc2C)n1. The highest BCUT2D eigenvalue weighted by molar-refractivity contribution is 7.84. The molecule has 6 heteroatoms. The molecule has 2 rings (SSSR count). The summed E-state index contributed by atoms with van der Waals surface area (Å²) in [6.45, 7) is 3.89. The standard InChI is InChI=1S/C12H16N2O3S/c1-3-4-5-11-13-12(17-14-11)8-18(15)10-6-7-16-9(10)2/h6-7H,3-5,8H2,1-2H3. The fourth-order valence-corrected chi connectivity index (χ4v) is 2.66. The number of rotatable bonds is 6. The highest BCUT2D eigenvalue weighted by atomic mass is 32.2. The maximum absolute atomic E-state index is 12.0. The van der Waals surface area contributed by atoms with Crippen molar-refractivity contribution >= 4 is 10.8 Å². The van der Waals surface area contributed by atoms with Crippen LogP contribution in [-0.4, -0.2) is 14.3 Å². The van der Waals surface area contributed by atoms with Gasteiger partial charge < -0.3 is 8.94 Å². The second-order valence-corrected chi connectivity index (χ2v) is 5.46. The van der Waals surface area contributed by atoms with Crippen LogP contribution in [0.1, 0.15) is 37.2 Å². The minimum Gasteiger partial charge on any atom is -0.468 e. The largest absolute Gasteiger partial charge is 0.468 e. The molecule has 18 heavy (non-hydrogen) atoms. The lowest BCUT2D eigenvalue weighted by Crippen LogP contribution is -1.97. The van der Waals surface area contributed by atoms with E-state index in [1.807, 2.05) is 0 Å². The van der Waals surface area contributed by atoms with Crippen LogP contribution in [0.5, 0.6) is 0 Å². The van der Waals surface area contributed by atoms with E-state index in [9.17, 15) is 4.21 Å². The van der Waals surface area contributed by atoms with Crippen molar-refractivity contribution in [2.24, 2.45) is 0 Å². The van der Waals surface area contributed by atoms with Crippen LogP contribution in [0.15, 0.2) is 26.2 Å². The summed E-state index contributed by atoms with van der Waals surface area (Å²) in [6.07, 6.45) is 4.45. The van der Waals surface area contributed by atoms with Crippen LogP contribution in [0.3, 0.4) is 0 Å². The van der Waals surface area contributed by atoms with E-state index in [0.29, 0.717) is 22.4 Å². The van der Waals surface area contributed by atoms with E-state index in [0.717, 1.165) is 19.3 Å². The normalized spacial score (nSPS) is 12.8. The summed E-state index contributed by atoms with van der Waals surface area (Å²) >= 11 is 0. The fourth-order valence-electron chi connectivity index (χ4n) is 1.58. The molecule has 0 radical (unpaired) electrons. The molecule has 0 fully saturated rings. The Labute approximate surface area is 108 Å². The van der Waals surface area contributed by atoms with Gasteiger partial charge in [-0.3, -0.25) is 4.21 Å². The zero-order chi connectivity index (χ0) is 13.0. The van der Waals surface area contributed by atoms with Crippen LogP contribution in [0.25, 0.3) is 0 Å². The molecule has 2 heterocycles. The maximum Gasteiger partial charge on any atom is 0.239 e. The molecule has 1 unspecified atom stereocenters. The molecule has 0 bridgehead atoms. The number of furan rings is 1. The van der Waals surface area contributed by atoms with Gasteiger partial charge in [-0.1, -0.05) is 18.5 Å². The van der Waals surface area contributed by atoms with E-state index in [2.05, 4.69) is 17.1 Å². The van der Waals surface area contributed by atoms with E-state index in [4.69, 9.17) is 8.94 Å². The lowest BCUT2D eigenvalue weighted by Gasteiger charge is -1.95. The quantitative estimate of drug-likeness (QED) is 0.805. The third-order valence-electron chi connectivity index (χ3n) is 2.58. The molecule has 0 aromatic carbocycles. The van der Waals surface area contributed by atoms with Gasteiger partial charge in [-0.15, -0.1) is 0 Å². The van der Waals surface area contributed by atoms with Crippen molar-refractivity contribution in [2.75, 3.05) is 0 Å². The minimum atomic E-state index is -1.20. The molecule has 5 nitrogen and oxygen atoms in total. The summed E-state index contributed by atoms with van der Waals surface area (Å²) < 4.78 is 22.3. The van der Waals surface area contributed by atoms with Crippen LogP contribution in [0.4, 0.5) is 0 Å². The molecule has 0 N–H and O–H groups in total. The van der Waals surface area contributed by atoms with Crippen LogP contribution < -0.4 is 0 Å². The lowest BCUT2D eigenvalue weighted by molar-refractivity contribution is 0.383. The molecule has 0 saturated heterocycles. The molecular formula is C12H16N2O3S. The molecule has 0 aliphatic carbocycles.